The van der Waals surface area contributed by atoms with Gasteiger partial charge in [-0.1, -0.05) is 0 Å². The van der Waals surface area contributed by atoms with E-state index in [0.29, 0.717) is 19.0 Å². The molecule has 0 heterocycles. The van der Waals surface area contributed by atoms with Crippen LogP contribution in [0.1, 0.15) is 13.8 Å². The second-order valence-electron chi connectivity index (χ2n) is 3.07. The number of hydrogen-bond donors (Lipinski definition) is 0. The minimum atomic E-state index is -2.07. The molecule has 15 heavy (non-hydrogen) atoms. The lowest BCUT2D eigenvalue weighted by atomic mass is 10.8. The van der Waals surface area contributed by atoms with Gasteiger partial charge in [-0.05, 0) is 20.4 Å². The van der Waals surface area contributed by atoms with Gasteiger partial charge in [0.1, 0.15) is 0 Å². The Morgan fingerprint density at radius 2 is 1.80 bits per heavy atom. The Morgan fingerprint density at radius 3 is 2.20 bits per heavy atom. The number of hydrogen-bond acceptors (Lipinski definition) is 5. The van der Waals surface area contributed by atoms with E-state index in [1.807, 2.05) is 20.4 Å². The van der Waals surface area contributed by atoms with Crippen LogP contribution >= 0.6 is 11.8 Å². The zero-order valence-electron chi connectivity index (χ0n) is 9.87. The van der Waals surface area contributed by atoms with Crippen LogP contribution in [-0.4, -0.2) is 46.0 Å². The fraction of sp³-hybridized carbons (Fsp3) is 0.889. The van der Waals surface area contributed by atoms with Gasteiger partial charge < -0.3 is 13.6 Å². The van der Waals surface area contributed by atoms with Gasteiger partial charge in [0.25, 0.3) is 0 Å². The van der Waals surface area contributed by atoms with E-state index in [0.717, 1.165) is 5.38 Å². The summed E-state index contributed by atoms with van der Waals surface area (Å²) < 4.78 is 15.8. The number of ether oxygens (including phenoxy) is 1. The number of rotatable bonds is 8. The van der Waals surface area contributed by atoms with Gasteiger partial charge in [-0.2, -0.15) is 0 Å². The molecule has 90 valence electrons. The normalized spacial score (nSPS) is 11.5. The molecule has 0 aliphatic heterocycles. The molecule has 0 spiro atoms. The highest BCUT2D eigenvalue weighted by Gasteiger charge is 2.30. The van der Waals surface area contributed by atoms with Crippen molar-refractivity contribution in [2.75, 3.05) is 31.5 Å². The molecule has 0 aliphatic rings. The van der Waals surface area contributed by atoms with Crippen LogP contribution in [0.5, 0.6) is 0 Å². The summed E-state index contributed by atoms with van der Waals surface area (Å²) >= 11 is 1.51. The standard InChI is InChI=1S/C9H20O4SSi/c1-5-12-15(4,13-6-2)8-14-7-9(10)11-3/h5-8H2,1-4H3. The lowest BCUT2D eigenvalue weighted by molar-refractivity contribution is -0.137. The van der Waals surface area contributed by atoms with Gasteiger partial charge in [0, 0.05) is 18.6 Å². The number of methoxy groups -OCH3 is 1. The summed E-state index contributed by atoms with van der Waals surface area (Å²) in [5, 5.41) is 0.754. The van der Waals surface area contributed by atoms with Crippen LogP contribution < -0.4 is 0 Å². The van der Waals surface area contributed by atoms with Gasteiger partial charge in [-0.15, -0.1) is 11.8 Å². The third kappa shape index (κ3) is 6.94. The zero-order valence-corrected chi connectivity index (χ0v) is 11.7. The molecule has 0 unspecified atom stereocenters. The van der Waals surface area contributed by atoms with Crippen molar-refractivity contribution in [1.82, 2.24) is 0 Å². The summed E-state index contributed by atoms with van der Waals surface area (Å²) in [6, 6.07) is 0. The molecule has 0 amide bonds. The van der Waals surface area contributed by atoms with E-state index in [2.05, 4.69) is 4.74 Å². The average Bonchev–Trinajstić information content (AvgIpc) is 2.18. The monoisotopic (exact) mass is 252 g/mol. The second kappa shape index (κ2) is 8.15. The molecule has 6 heteroatoms. The third-order valence-electron chi connectivity index (χ3n) is 1.71. The lowest BCUT2D eigenvalue weighted by Crippen LogP contribution is -2.42. The van der Waals surface area contributed by atoms with Crippen molar-refractivity contribution in [2.45, 2.75) is 20.4 Å². The minimum absolute atomic E-state index is 0.204. The number of carbonyl (C=O) groups excluding carboxylic acids is 1. The predicted molar refractivity (Wildman–Crippen MR) is 64.2 cm³/mol. The van der Waals surface area contributed by atoms with Crippen molar-refractivity contribution in [3.8, 4) is 0 Å². The molecular formula is C9H20O4SSi. The van der Waals surface area contributed by atoms with E-state index in [-0.39, 0.29) is 5.97 Å². The Labute approximate surface area is 96.9 Å². The van der Waals surface area contributed by atoms with E-state index < -0.39 is 8.56 Å². The Balaban J connectivity index is 3.89. The van der Waals surface area contributed by atoms with Gasteiger partial charge in [-0.3, -0.25) is 4.79 Å². The van der Waals surface area contributed by atoms with Gasteiger partial charge in [0.05, 0.1) is 12.9 Å². The smallest absolute Gasteiger partial charge is 0.345 e. The van der Waals surface area contributed by atoms with Crippen LogP contribution in [0.4, 0.5) is 0 Å². The molecule has 0 bridgehead atoms. The fourth-order valence-corrected chi connectivity index (χ4v) is 5.26. The first-order valence-electron chi connectivity index (χ1n) is 5.00. The van der Waals surface area contributed by atoms with E-state index >= 15 is 0 Å². The highest BCUT2D eigenvalue weighted by atomic mass is 32.2. The largest absolute Gasteiger partial charge is 0.468 e. The summed E-state index contributed by atoms with van der Waals surface area (Å²) in [7, 11) is -0.680. The summed E-state index contributed by atoms with van der Waals surface area (Å²) in [6.45, 7) is 7.23. The first-order valence-corrected chi connectivity index (χ1v) is 8.68. The third-order valence-corrected chi connectivity index (χ3v) is 6.86. The van der Waals surface area contributed by atoms with E-state index in [1.54, 1.807) is 0 Å². The Hall–Kier alpha value is -0.0431. The predicted octanol–water partition coefficient (Wildman–Crippen LogP) is 1.58. The van der Waals surface area contributed by atoms with Crippen LogP contribution in [0, 0.1) is 0 Å². The quantitative estimate of drug-likeness (QED) is 0.485. The molecule has 0 rings (SSSR count). The molecule has 0 aliphatic carbocycles. The van der Waals surface area contributed by atoms with Crippen LogP contribution in [0.15, 0.2) is 0 Å². The Kier molecular flexibility index (Phi) is 8.13. The van der Waals surface area contributed by atoms with Crippen molar-refractivity contribution in [1.29, 1.82) is 0 Å². The molecular weight excluding hydrogens is 232 g/mol. The molecule has 4 nitrogen and oxygen atoms in total. The number of carbonyl (C=O) groups is 1. The van der Waals surface area contributed by atoms with E-state index in [4.69, 9.17) is 8.85 Å². The van der Waals surface area contributed by atoms with Crippen molar-refractivity contribution in [3.63, 3.8) is 0 Å². The Morgan fingerprint density at radius 1 is 1.27 bits per heavy atom. The fourth-order valence-electron chi connectivity index (χ4n) is 1.11. The number of thioether (sulfide) groups is 1. The summed E-state index contributed by atoms with van der Waals surface area (Å²) in [6.07, 6.45) is 0. The SMILES string of the molecule is CCO[Si](C)(CSCC(=O)OC)OCC. The van der Waals surface area contributed by atoms with Crippen molar-refractivity contribution in [2.24, 2.45) is 0 Å². The maximum Gasteiger partial charge on any atom is 0.345 e. The van der Waals surface area contributed by atoms with Crippen LogP contribution in [0.25, 0.3) is 0 Å². The van der Waals surface area contributed by atoms with Gasteiger partial charge in [0.2, 0.25) is 0 Å². The van der Waals surface area contributed by atoms with E-state index in [1.165, 1.54) is 18.9 Å². The summed E-state index contributed by atoms with van der Waals surface area (Å²) in [4.78, 5) is 10.9. The molecule has 0 aromatic rings. The van der Waals surface area contributed by atoms with Crippen molar-refractivity contribution < 1.29 is 18.4 Å². The highest BCUT2D eigenvalue weighted by molar-refractivity contribution is 8.01. The van der Waals surface area contributed by atoms with Gasteiger partial charge in [-0.25, -0.2) is 0 Å². The highest BCUT2D eigenvalue weighted by Crippen LogP contribution is 2.15. The molecule has 0 saturated carbocycles. The maximum absolute atomic E-state index is 10.9. The summed E-state index contributed by atoms with van der Waals surface area (Å²) in [5.74, 6) is 0.156. The molecule has 0 aromatic heterocycles. The first kappa shape index (κ1) is 15.0. The molecule has 0 atom stereocenters. The van der Waals surface area contributed by atoms with E-state index in [9.17, 15) is 4.79 Å². The van der Waals surface area contributed by atoms with Gasteiger partial charge >= 0.3 is 14.5 Å². The average molecular weight is 252 g/mol. The van der Waals surface area contributed by atoms with Crippen molar-refractivity contribution in [3.05, 3.63) is 0 Å². The second-order valence-corrected chi connectivity index (χ2v) is 7.77. The summed E-state index contributed by atoms with van der Waals surface area (Å²) in [5.41, 5.74) is 0. The minimum Gasteiger partial charge on any atom is -0.468 e. The molecule has 0 N–H and O–H groups in total. The van der Waals surface area contributed by atoms with Crippen LogP contribution in [-0.2, 0) is 18.4 Å². The Bertz CT molecular complexity index is 183. The lowest BCUT2D eigenvalue weighted by Gasteiger charge is -2.25. The van der Waals surface area contributed by atoms with Crippen molar-refractivity contribution >= 4 is 26.3 Å². The molecule has 0 fully saturated rings. The molecule has 0 radical (unpaired) electrons. The topological polar surface area (TPSA) is 44.8 Å². The molecule has 0 saturated heterocycles. The first-order chi connectivity index (χ1) is 7.08. The maximum atomic E-state index is 10.9. The molecule has 0 aromatic carbocycles. The van der Waals surface area contributed by atoms with Crippen LogP contribution in [0.2, 0.25) is 6.55 Å². The zero-order chi connectivity index (χ0) is 11.7. The van der Waals surface area contributed by atoms with Gasteiger partial charge in [0.15, 0.2) is 0 Å². The number of esters is 1. The van der Waals surface area contributed by atoms with Crippen LogP contribution in [0.3, 0.4) is 0 Å².